The lowest BCUT2D eigenvalue weighted by Crippen LogP contribution is -2.53. The van der Waals surface area contributed by atoms with Crippen molar-refractivity contribution in [1.29, 1.82) is 0 Å². The third-order valence-electron chi connectivity index (χ3n) is 6.73. The SMILES string of the molecule is O=C1C2C(c3cc(Br)ccc3O)NC(C(=O)O)(c3ccccc3)C2C(=O)N1Cc1ccccc1. The van der Waals surface area contributed by atoms with Crippen LogP contribution < -0.4 is 5.32 Å². The molecule has 2 aliphatic heterocycles. The number of hydrogen-bond donors (Lipinski definition) is 3. The lowest BCUT2D eigenvalue weighted by molar-refractivity contribution is -0.152. The molecule has 2 amide bonds. The quantitative estimate of drug-likeness (QED) is 0.444. The molecule has 0 radical (unpaired) electrons. The van der Waals surface area contributed by atoms with Gasteiger partial charge < -0.3 is 10.2 Å². The van der Waals surface area contributed by atoms with Crippen molar-refractivity contribution in [3.05, 3.63) is 100 Å². The summed E-state index contributed by atoms with van der Waals surface area (Å²) in [4.78, 5) is 41.5. The first-order valence-corrected chi connectivity index (χ1v) is 11.6. The molecule has 8 heteroatoms. The van der Waals surface area contributed by atoms with Gasteiger partial charge in [0.25, 0.3) is 0 Å². The van der Waals surface area contributed by atoms with Crippen molar-refractivity contribution in [1.82, 2.24) is 10.2 Å². The lowest BCUT2D eigenvalue weighted by Gasteiger charge is -2.31. The van der Waals surface area contributed by atoms with E-state index >= 15 is 0 Å². The number of hydrogen-bond acceptors (Lipinski definition) is 5. The van der Waals surface area contributed by atoms with Gasteiger partial charge in [0, 0.05) is 16.1 Å². The minimum Gasteiger partial charge on any atom is -0.508 e. The molecular weight excluding hydrogens is 500 g/mol. The van der Waals surface area contributed by atoms with E-state index in [1.54, 1.807) is 42.5 Å². The van der Waals surface area contributed by atoms with E-state index in [0.29, 0.717) is 15.6 Å². The van der Waals surface area contributed by atoms with E-state index in [0.717, 1.165) is 10.5 Å². The van der Waals surface area contributed by atoms with Gasteiger partial charge in [-0.1, -0.05) is 76.6 Å². The number of aliphatic carboxylic acids is 1. The number of halogens is 1. The fourth-order valence-electron chi connectivity index (χ4n) is 5.22. The molecule has 0 saturated carbocycles. The number of imide groups is 1. The van der Waals surface area contributed by atoms with E-state index in [2.05, 4.69) is 21.2 Å². The number of nitrogens with one attached hydrogen (secondary N) is 1. The van der Waals surface area contributed by atoms with Gasteiger partial charge in [0.2, 0.25) is 11.8 Å². The molecule has 2 saturated heterocycles. The second-order valence-electron chi connectivity index (χ2n) is 8.56. The molecule has 3 aromatic rings. The number of carboxylic acid groups (broad SMARTS) is 1. The lowest BCUT2D eigenvalue weighted by atomic mass is 9.75. The molecule has 0 aliphatic carbocycles. The zero-order valence-electron chi connectivity index (χ0n) is 17.9. The van der Waals surface area contributed by atoms with Gasteiger partial charge in [-0.15, -0.1) is 0 Å². The maximum Gasteiger partial charge on any atom is 0.329 e. The zero-order chi connectivity index (χ0) is 24.0. The van der Waals surface area contributed by atoms with Crippen molar-refractivity contribution in [2.24, 2.45) is 11.8 Å². The molecular formula is C26H21BrN2O5. The molecule has 2 aliphatic rings. The molecule has 3 N–H and O–H groups in total. The predicted octanol–water partition coefficient (Wildman–Crippen LogP) is 3.58. The van der Waals surface area contributed by atoms with Crippen LogP contribution in [0.1, 0.15) is 22.7 Å². The van der Waals surface area contributed by atoms with Gasteiger partial charge in [-0.05, 0) is 29.3 Å². The maximum atomic E-state index is 13.8. The van der Waals surface area contributed by atoms with Gasteiger partial charge in [0.15, 0.2) is 5.54 Å². The van der Waals surface area contributed by atoms with Gasteiger partial charge in [0.1, 0.15) is 5.75 Å². The number of amides is 2. The van der Waals surface area contributed by atoms with Crippen LogP contribution in [0.15, 0.2) is 83.3 Å². The Morgan fingerprint density at radius 3 is 2.26 bits per heavy atom. The van der Waals surface area contributed by atoms with Gasteiger partial charge in [-0.25, -0.2) is 4.79 Å². The largest absolute Gasteiger partial charge is 0.508 e. The van der Waals surface area contributed by atoms with Gasteiger partial charge in [-0.2, -0.15) is 0 Å². The van der Waals surface area contributed by atoms with Crippen LogP contribution in [-0.2, 0) is 26.5 Å². The van der Waals surface area contributed by atoms with Crippen LogP contribution in [0.5, 0.6) is 5.75 Å². The minimum atomic E-state index is -1.84. The molecule has 2 heterocycles. The number of fused-ring (bicyclic) bond motifs is 1. The molecule has 0 aromatic heterocycles. The number of phenols is 1. The first-order chi connectivity index (χ1) is 16.3. The Kier molecular flexibility index (Phi) is 5.50. The molecule has 4 unspecified atom stereocenters. The smallest absolute Gasteiger partial charge is 0.329 e. The average Bonchev–Trinajstić information content (AvgIpc) is 3.32. The number of carbonyl (C=O) groups is 3. The van der Waals surface area contributed by atoms with Gasteiger partial charge in [0.05, 0.1) is 18.4 Å². The fraction of sp³-hybridized carbons (Fsp3) is 0.192. The molecule has 0 spiro atoms. The first kappa shape index (κ1) is 22.3. The summed E-state index contributed by atoms with van der Waals surface area (Å²) in [6, 6.07) is 21.4. The Bertz CT molecular complexity index is 1280. The molecule has 3 aromatic carbocycles. The Balaban J connectivity index is 1.68. The number of phenolic OH excluding ortho intramolecular Hbond substituents is 1. The van der Waals surface area contributed by atoms with Crippen molar-refractivity contribution in [2.45, 2.75) is 18.1 Å². The zero-order valence-corrected chi connectivity index (χ0v) is 19.5. The van der Waals surface area contributed by atoms with Crippen LogP contribution in [-0.4, -0.2) is 32.9 Å². The van der Waals surface area contributed by atoms with Crippen molar-refractivity contribution >= 4 is 33.7 Å². The maximum absolute atomic E-state index is 13.8. The minimum absolute atomic E-state index is 0.0488. The third kappa shape index (κ3) is 3.33. The summed E-state index contributed by atoms with van der Waals surface area (Å²) in [6.07, 6.45) is 0. The molecule has 5 rings (SSSR count). The van der Waals surface area contributed by atoms with Gasteiger partial charge >= 0.3 is 5.97 Å². The highest BCUT2D eigenvalue weighted by atomic mass is 79.9. The highest BCUT2D eigenvalue weighted by molar-refractivity contribution is 9.10. The Morgan fingerprint density at radius 1 is 0.971 bits per heavy atom. The number of carbonyl (C=O) groups excluding carboxylic acids is 2. The topological polar surface area (TPSA) is 107 Å². The third-order valence-corrected chi connectivity index (χ3v) is 7.22. The Hall–Kier alpha value is -3.49. The first-order valence-electron chi connectivity index (χ1n) is 10.8. The van der Waals surface area contributed by atoms with Crippen LogP contribution in [0.4, 0.5) is 0 Å². The van der Waals surface area contributed by atoms with Crippen LogP contribution in [0.25, 0.3) is 0 Å². The van der Waals surface area contributed by atoms with E-state index in [-0.39, 0.29) is 12.3 Å². The molecule has 2 fully saturated rings. The Morgan fingerprint density at radius 2 is 1.62 bits per heavy atom. The normalized spacial score (nSPS) is 26.0. The number of carboxylic acids is 1. The standard InChI is InChI=1S/C26H21BrN2O5/c27-17-11-12-19(30)18(13-17)22-20-21(26(28-22,25(33)34)16-9-5-2-6-10-16)24(32)29(23(20)31)14-15-7-3-1-4-8-15/h1-13,20-22,28,30H,14H2,(H,33,34). The summed E-state index contributed by atoms with van der Waals surface area (Å²) in [5.41, 5.74) is -0.355. The van der Waals surface area contributed by atoms with Crippen molar-refractivity contribution in [2.75, 3.05) is 0 Å². The second-order valence-corrected chi connectivity index (χ2v) is 9.47. The van der Waals surface area contributed by atoms with E-state index < -0.39 is 41.2 Å². The molecule has 172 valence electrons. The second kappa shape index (κ2) is 8.38. The molecule has 0 bridgehead atoms. The number of nitrogens with zero attached hydrogens (tertiary/aromatic N) is 1. The summed E-state index contributed by atoms with van der Waals surface area (Å²) in [5.74, 6) is -4.55. The van der Waals surface area contributed by atoms with E-state index in [9.17, 15) is 24.6 Å². The summed E-state index contributed by atoms with van der Waals surface area (Å²) >= 11 is 3.38. The van der Waals surface area contributed by atoms with Crippen molar-refractivity contribution in [3.8, 4) is 5.75 Å². The van der Waals surface area contributed by atoms with Crippen LogP contribution in [0.3, 0.4) is 0 Å². The van der Waals surface area contributed by atoms with Crippen LogP contribution in [0.2, 0.25) is 0 Å². The monoisotopic (exact) mass is 520 g/mol. The number of likely N-dealkylation sites (tertiary alicyclic amines) is 1. The van der Waals surface area contributed by atoms with Crippen molar-refractivity contribution in [3.63, 3.8) is 0 Å². The van der Waals surface area contributed by atoms with E-state index in [1.165, 1.54) is 6.07 Å². The number of rotatable bonds is 5. The van der Waals surface area contributed by atoms with Gasteiger partial charge in [-0.3, -0.25) is 19.8 Å². The fourth-order valence-corrected chi connectivity index (χ4v) is 5.60. The highest BCUT2D eigenvalue weighted by Gasteiger charge is 2.69. The number of benzene rings is 3. The molecule has 4 atom stereocenters. The molecule has 34 heavy (non-hydrogen) atoms. The molecule has 7 nitrogen and oxygen atoms in total. The summed E-state index contributed by atoms with van der Waals surface area (Å²) in [7, 11) is 0. The Labute approximate surface area is 204 Å². The predicted molar refractivity (Wildman–Crippen MR) is 126 cm³/mol. The highest BCUT2D eigenvalue weighted by Crippen LogP contribution is 2.54. The summed E-state index contributed by atoms with van der Waals surface area (Å²) in [5, 5.41) is 24.2. The van der Waals surface area contributed by atoms with Crippen molar-refractivity contribution < 1.29 is 24.6 Å². The van der Waals surface area contributed by atoms with Crippen LogP contribution in [0, 0.1) is 11.8 Å². The number of aromatic hydroxyl groups is 1. The van der Waals surface area contributed by atoms with E-state index in [4.69, 9.17) is 0 Å². The van der Waals surface area contributed by atoms with Crippen LogP contribution >= 0.6 is 15.9 Å². The summed E-state index contributed by atoms with van der Waals surface area (Å²) in [6.45, 7) is 0.0488. The van der Waals surface area contributed by atoms with E-state index in [1.807, 2.05) is 30.3 Å². The average molecular weight is 521 g/mol. The summed E-state index contributed by atoms with van der Waals surface area (Å²) < 4.78 is 0.657.